The number of rotatable bonds is 5. The van der Waals surface area contributed by atoms with Crippen LogP contribution in [0.4, 0.5) is 0 Å². The lowest BCUT2D eigenvalue weighted by Crippen LogP contribution is -2.63. The Kier molecular flexibility index (Phi) is 5.49. The molecule has 2 heterocycles. The Hall–Kier alpha value is -1.39. The monoisotopic (exact) mass is 344 g/mol. The van der Waals surface area contributed by atoms with Gasteiger partial charge in [0.05, 0.1) is 5.60 Å². The fourth-order valence-electron chi connectivity index (χ4n) is 3.99. The molecule has 0 aliphatic carbocycles. The minimum atomic E-state index is -0.671. The first-order valence-electron chi connectivity index (χ1n) is 9.70. The summed E-state index contributed by atoms with van der Waals surface area (Å²) in [6.45, 7) is 8.86. The topological polar surface area (TPSA) is 43.8 Å². The summed E-state index contributed by atoms with van der Waals surface area (Å²) in [4.78, 5) is 17.3. The number of carbonyl (C=O) groups is 1. The van der Waals surface area contributed by atoms with Gasteiger partial charge in [0, 0.05) is 30.7 Å². The Morgan fingerprint density at radius 1 is 1.28 bits per heavy atom. The zero-order valence-electron chi connectivity index (χ0n) is 15.9. The summed E-state index contributed by atoms with van der Waals surface area (Å²) >= 11 is 0. The number of aliphatic hydroxyl groups is 1. The van der Waals surface area contributed by atoms with Gasteiger partial charge in [-0.1, -0.05) is 18.6 Å². The largest absolute Gasteiger partial charge is 0.390 e. The predicted molar refractivity (Wildman–Crippen MR) is 101 cm³/mol. The molecule has 0 saturated carbocycles. The second-order valence-corrected chi connectivity index (χ2v) is 8.46. The first kappa shape index (κ1) is 18.4. The third-order valence-electron chi connectivity index (χ3n) is 5.67. The van der Waals surface area contributed by atoms with Crippen molar-refractivity contribution in [3.05, 3.63) is 35.4 Å². The molecule has 25 heavy (non-hydrogen) atoms. The third-order valence-corrected chi connectivity index (χ3v) is 5.67. The highest BCUT2D eigenvalue weighted by Gasteiger charge is 2.37. The maximum absolute atomic E-state index is 12.7. The molecule has 1 aromatic rings. The number of likely N-dealkylation sites (tertiary alicyclic amines) is 2. The van der Waals surface area contributed by atoms with Crippen molar-refractivity contribution < 1.29 is 9.90 Å². The highest BCUT2D eigenvalue weighted by molar-refractivity contribution is 5.95. The molecule has 1 aromatic carbocycles. The molecule has 4 heteroatoms. The molecule has 0 spiro atoms. The van der Waals surface area contributed by atoms with Gasteiger partial charge in [0.15, 0.2) is 0 Å². The summed E-state index contributed by atoms with van der Waals surface area (Å²) in [5.41, 5.74) is 1.23. The van der Waals surface area contributed by atoms with Crippen LogP contribution in [0.3, 0.4) is 0 Å². The maximum atomic E-state index is 12.7. The Balaban J connectivity index is 1.55. The van der Waals surface area contributed by atoms with E-state index in [4.69, 9.17) is 0 Å². The van der Waals surface area contributed by atoms with Crippen LogP contribution in [0, 0.1) is 0 Å². The molecular formula is C21H32N2O2. The average Bonchev–Trinajstić information content (AvgIpc) is 2.53. The number of hydrogen-bond donors (Lipinski definition) is 1. The predicted octanol–water partition coefficient (Wildman–Crippen LogP) is 3.09. The second-order valence-electron chi connectivity index (χ2n) is 8.46. The van der Waals surface area contributed by atoms with Gasteiger partial charge in [-0.15, -0.1) is 0 Å². The van der Waals surface area contributed by atoms with Crippen molar-refractivity contribution >= 4 is 5.91 Å². The van der Waals surface area contributed by atoms with E-state index in [0.29, 0.717) is 18.5 Å². The van der Waals surface area contributed by atoms with Crippen LogP contribution < -0.4 is 0 Å². The van der Waals surface area contributed by atoms with Crippen molar-refractivity contribution in [2.24, 2.45) is 0 Å². The van der Waals surface area contributed by atoms with E-state index in [9.17, 15) is 9.90 Å². The molecule has 2 saturated heterocycles. The standard InChI is InChI=1S/C21H32N2O2/c1-16-7-4-5-12-23(16)19-14-22(15-19)20(24)18-9-6-8-17(13-18)10-11-21(2,3)25/h6,8-9,13,16,19,25H,4-5,7,10-12,14-15H2,1-3H3. The Morgan fingerprint density at radius 3 is 2.72 bits per heavy atom. The first-order chi connectivity index (χ1) is 11.8. The van der Waals surface area contributed by atoms with E-state index in [1.54, 1.807) is 0 Å². The van der Waals surface area contributed by atoms with Crippen molar-refractivity contribution in [1.29, 1.82) is 0 Å². The van der Waals surface area contributed by atoms with Gasteiger partial charge in [0.25, 0.3) is 5.91 Å². The lowest BCUT2D eigenvalue weighted by Gasteiger charge is -2.49. The quantitative estimate of drug-likeness (QED) is 0.893. The molecular weight excluding hydrogens is 312 g/mol. The molecule has 3 rings (SSSR count). The number of amides is 1. The highest BCUT2D eigenvalue weighted by atomic mass is 16.3. The lowest BCUT2D eigenvalue weighted by molar-refractivity contribution is 0.00212. The molecule has 1 amide bonds. The molecule has 1 N–H and O–H groups in total. The number of piperidine rings is 1. The van der Waals surface area contributed by atoms with E-state index >= 15 is 0 Å². The van der Waals surface area contributed by atoms with E-state index in [1.165, 1.54) is 25.8 Å². The van der Waals surface area contributed by atoms with Crippen LogP contribution in [-0.4, -0.2) is 58.1 Å². The number of benzene rings is 1. The third kappa shape index (κ3) is 4.62. The lowest BCUT2D eigenvalue weighted by atomic mass is 9.96. The van der Waals surface area contributed by atoms with Gasteiger partial charge in [0.1, 0.15) is 0 Å². The van der Waals surface area contributed by atoms with Gasteiger partial charge in [-0.25, -0.2) is 0 Å². The van der Waals surface area contributed by atoms with E-state index in [1.807, 2.05) is 43.0 Å². The molecule has 0 bridgehead atoms. The smallest absolute Gasteiger partial charge is 0.253 e. The highest BCUT2D eigenvalue weighted by Crippen LogP contribution is 2.25. The van der Waals surface area contributed by atoms with Crippen molar-refractivity contribution in [2.75, 3.05) is 19.6 Å². The van der Waals surface area contributed by atoms with Gasteiger partial charge >= 0.3 is 0 Å². The first-order valence-corrected chi connectivity index (χ1v) is 9.70. The van der Waals surface area contributed by atoms with E-state index < -0.39 is 5.60 Å². The zero-order chi connectivity index (χ0) is 18.0. The van der Waals surface area contributed by atoms with Crippen LogP contribution in [0.5, 0.6) is 0 Å². The minimum absolute atomic E-state index is 0.144. The maximum Gasteiger partial charge on any atom is 0.253 e. The number of aryl methyl sites for hydroxylation is 1. The molecule has 138 valence electrons. The van der Waals surface area contributed by atoms with Crippen molar-refractivity contribution in [3.8, 4) is 0 Å². The molecule has 2 aliphatic rings. The summed E-state index contributed by atoms with van der Waals surface area (Å²) in [6, 6.07) is 9.09. The fourth-order valence-corrected chi connectivity index (χ4v) is 3.99. The molecule has 1 atom stereocenters. The van der Waals surface area contributed by atoms with Gasteiger partial charge in [-0.3, -0.25) is 9.69 Å². The van der Waals surface area contributed by atoms with E-state index in [-0.39, 0.29) is 5.91 Å². The van der Waals surface area contributed by atoms with Gasteiger partial charge in [-0.05, 0) is 70.7 Å². The summed E-state index contributed by atoms with van der Waals surface area (Å²) in [5.74, 6) is 0.144. The molecule has 4 nitrogen and oxygen atoms in total. The molecule has 0 radical (unpaired) electrons. The van der Waals surface area contributed by atoms with Crippen LogP contribution in [0.2, 0.25) is 0 Å². The van der Waals surface area contributed by atoms with E-state index in [0.717, 1.165) is 30.6 Å². The summed E-state index contributed by atoms with van der Waals surface area (Å²) in [7, 11) is 0. The number of hydrogen-bond acceptors (Lipinski definition) is 3. The molecule has 1 unspecified atom stereocenters. The van der Waals surface area contributed by atoms with Crippen LogP contribution in [0.1, 0.15) is 62.4 Å². The summed E-state index contributed by atoms with van der Waals surface area (Å²) in [5, 5.41) is 9.89. The number of nitrogens with zero attached hydrogens (tertiary/aromatic N) is 2. The minimum Gasteiger partial charge on any atom is -0.390 e. The Labute approximate surface area is 151 Å². The second kappa shape index (κ2) is 7.46. The van der Waals surface area contributed by atoms with Crippen LogP contribution in [0.15, 0.2) is 24.3 Å². The number of carbonyl (C=O) groups excluding carboxylic acids is 1. The van der Waals surface area contributed by atoms with E-state index in [2.05, 4.69) is 11.8 Å². The SMILES string of the molecule is CC1CCCCN1C1CN(C(=O)c2cccc(CCC(C)(C)O)c2)C1. The average molecular weight is 344 g/mol. The molecule has 2 fully saturated rings. The van der Waals surface area contributed by atoms with Gasteiger partial charge < -0.3 is 10.0 Å². The summed E-state index contributed by atoms with van der Waals surface area (Å²) in [6.07, 6.45) is 5.40. The normalized spacial score (nSPS) is 22.7. The zero-order valence-corrected chi connectivity index (χ0v) is 15.9. The van der Waals surface area contributed by atoms with Crippen LogP contribution in [-0.2, 0) is 6.42 Å². The van der Waals surface area contributed by atoms with Gasteiger partial charge in [-0.2, -0.15) is 0 Å². The van der Waals surface area contributed by atoms with Crippen molar-refractivity contribution in [3.63, 3.8) is 0 Å². The molecule has 2 aliphatic heterocycles. The molecule has 0 aromatic heterocycles. The van der Waals surface area contributed by atoms with Crippen LogP contribution in [0.25, 0.3) is 0 Å². The van der Waals surface area contributed by atoms with Gasteiger partial charge in [0.2, 0.25) is 0 Å². The van der Waals surface area contributed by atoms with Crippen LogP contribution >= 0.6 is 0 Å². The van der Waals surface area contributed by atoms with Crippen molar-refractivity contribution in [1.82, 2.24) is 9.80 Å². The van der Waals surface area contributed by atoms with Crippen molar-refractivity contribution in [2.45, 2.75) is 70.6 Å². The Bertz CT molecular complexity index is 602. The summed E-state index contributed by atoms with van der Waals surface area (Å²) < 4.78 is 0. The fraction of sp³-hybridized carbons (Fsp3) is 0.667. The Morgan fingerprint density at radius 2 is 2.04 bits per heavy atom.